The summed E-state index contributed by atoms with van der Waals surface area (Å²) in [6.07, 6.45) is 0. The average Bonchev–Trinajstić information content (AvgIpc) is 3.00. The first kappa shape index (κ1) is 17.2. The van der Waals surface area contributed by atoms with Gasteiger partial charge in [-0.2, -0.15) is 0 Å². The number of ether oxygens (including phenoxy) is 1. The van der Waals surface area contributed by atoms with Crippen molar-refractivity contribution < 1.29 is 18.7 Å². The smallest absolute Gasteiger partial charge is 0.287 e. The van der Waals surface area contributed by atoms with Gasteiger partial charge in [-0.1, -0.05) is 0 Å². The fourth-order valence-electron chi connectivity index (χ4n) is 2.78. The topological polar surface area (TPSA) is 113 Å². The number of fused-ring (bicyclic) bond motifs is 2. The van der Waals surface area contributed by atoms with Gasteiger partial charge >= 0.3 is 0 Å². The number of anilines is 1. The van der Waals surface area contributed by atoms with Crippen molar-refractivity contribution >= 4 is 39.1 Å². The van der Waals surface area contributed by atoms with Crippen molar-refractivity contribution in [1.82, 2.24) is 15.3 Å². The second-order valence-electron chi connectivity index (χ2n) is 5.99. The monoisotopic (exact) mass is 388 g/mol. The quantitative estimate of drug-likeness (QED) is 0.632. The largest absolute Gasteiger partial charge is 0.478 e. The Labute approximate surface area is 155 Å². The average molecular weight is 388 g/mol. The minimum absolute atomic E-state index is 0.0237. The van der Waals surface area contributed by atoms with Gasteiger partial charge in [0, 0.05) is 6.54 Å². The lowest BCUT2D eigenvalue weighted by atomic mass is 10.1. The van der Waals surface area contributed by atoms with Crippen molar-refractivity contribution in [3.8, 4) is 5.75 Å². The van der Waals surface area contributed by atoms with E-state index in [2.05, 4.69) is 20.6 Å². The maximum absolute atomic E-state index is 14.1. The van der Waals surface area contributed by atoms with Crippen molar-refractivity contribution in [3.05, 3.63) is 50.6 Å². The van der Waals surface area contributed by atoms with E-state index in [-0.39, 0.29) is 41.9 Å². The molecule has 0 spiro atoms. The zero-order valence-corrected chi connectivity index (χ0v) is 14.8. The number of aromatic nitrogens is 2. The minimum atomic E-state index is -0.640. The Morgan fingerprint density at radius 1 is 1.41 bits per heavy atom. The van der Waals surface area contributed by atoms with E-state index in [1.165, 1.54) is 23.5 Å². The van der Waals surface area contributed by atoms with Gasteiger partial charge in [-0.05, 0) is 35.6 Å². The van der Waals surface area contributed by atoms with E-state index in [0.717, 1.165) is 5.56 Å². The Kier molecular flexibility index (Phi) is 4.11. The first-order valence-corrected chi connectivity index (χ1v) is 8.81. The number of amides is 2. The van der Waals surface area contributed by atoms with Crippen molar-refractivity contribution in [3.63, 3.8) is 0 Å². The molecular formula is C17H13FN4O4S. The van der Waals surface area contributed by atoms with E-state index in [1.54, 1.807) is 12.3 Å². The van der Waals surface area contributed by atoms with Gasteiger partial charge in [-0.25, -0.2) is 9.37 Å². The van der Waals surface area contributed by atoms with Gasteiger partial charge in [0.05, 0.1) is 11.1 Å². The zero-order valence-electron chi connectivity index (χ0n) is 14.0. The normalized spacial score (nSPS) is 13.0. The van der Waals surface area contributed by atoms with Crippen LogP contribution in [-0.4, -0.2) is 28.4 Å². The number of hydrogen-bond donors (Lipinski definition) is 3. The number of H-pyrrole nitrogens is 1. The van der Waals surface area contributed by atoms with Crippen molar-refractivity contribution in [2.75, 3.05) is 11.9 Å². The van der Waals surface area contributed by atoms with Gasteiger partial charge in [0.1, 0.15) is 4.83 Å². The summed E-state index contributed by atoms with van der Waals surface area (Å²) in [5, 5.41) is 7.34. The number of benzene rings is 1. The number of rotatable bonds is 3. The van der Waals surface area contributed by atoms with Gasteiger partial charge in [0.25, 0.3) is 17.4 Å². The molecule has 0 unspecified atom stereocenters. The Bertz CT molecular complexity index is 1150. The van der Waals surface area contributed by atoms with E-state index in [0.29, 0.717) is 15.8 Å². The molecule has 0 aliphatic carbocycles. The lowest BCUT2D eigenvalue weighted by Gasteiger charge is -2.19. The number of carbonyl (C=O) groups excluding carboxylic acids is 2. The number of aryl methyl sites for hydroxylation is 1. The third kappa shape index (κ3) is 3.14. The molecule has 3 aromatic rings. The molecule has 0 atom stereocenters. The standard InChI is InChI=1S/C17H13FN4O4S/c1-7-6-27-17-12(7)15(24)21-14(22-17)16(25)19-4-8-2-9(18)13-10(3-8)20-11(23)5-26-13/h2-3,6H,4-5H2,1H3,(H,19,25)(H,20,23)(H,21,22,24). The fraction of sp³-hybridized carbons (Fsp3) is 0.176. The Morgan fingerprint density at radius 2 is 2.22 bits per heavy atom. The molecule has 0 radical (unpaired) electrons. The molecule has 3 N–H and O–H groups in total. The van der Waals surface area contributed by atoms with Crippen molar-refractivity contribution in [1.29, 1.82) is 0 Å². The van der Waals surface area contributed by atoms with Crippen LogP contribution in [0.1, 0.15) is 21.7 Å². The van der Waals surface area contributed by atoms with E-state index < -0.39 is 11.7 Å². The second-order valence-corrected chi connectivity index (χ2v) is 6.85. The van der Waals surface area contributed by atoms with Crippen LogP contribution in [0.3, 0.4) is 0 Å². The zero-order chi connectivity index (χ0) is 19.1. The Hall–Kier alpha value is -3.27. The lowest BCUT2D eigenvalue weighted by molar-refractivity contribution is -0.118. The molecule has 138 valence electrons. The van der Waals surface area contributed by atoms with Crippen molar-refractivity contribution in [2.24, 2.45) is 0 Å². The van der Waals surface area contributed by atoms with Crippen LogP contribution < -0.4 is 20.9 Å². The fourth-order valence-corrected chi connectivity index (χ4v) is 3.70. The number of nitrogens with one attached hydrogen (secondary N) is 3. The maximum Gasteiger partial charge on any atom is 0.287 e. The molecule has 0 saturated carbocycles. The highest BCUT2D eigenvalue weighted by Crippen LogP contribution is 2.32. The van der Waals surface area contributed by atoms with Gasteiger partial charge in [-0.15, -0.1) is 11.3 Å². The van der Waals surface area contributed by atoms with Crippen LogP contribution in [0.15, 0.2) is 22.3 Å². The first-order valence-electron chi connectivity index (χ1n) is 7.94. The molecule has 8 nitrogen and oxygen atoms in total. The molecule has 2 aromatic heterocycles. The van der Waals surface area contributed by atoms with Crippen LogP contribution in [0.25, 0.3) is 10.2 Å². The number of hydrogen-bond acceptors (Lipinski definition) is 6. The molecule has 0 saturated heterocycles. The van der Waals surface area contributed by atoms with Crippen LogP contribution in [0, 0.1) is 12.7 Å². The predicted molar refractivity (Wildman–Crippen MR) is 96.7 cm³/mol. The summed E-state index contributed by atoms with van der Waals surface area (Å²) in [5.41, 5.74) is 1.03. The summed E-state index contributed by atoms with van der Waals surface area (Å²) >= 11 is 1.28. The molecule has 1 aliphatic rings. The first-order chi connectivity index (χ1) is 12.9. The summed E-state index contributed by atoms with van der Waals surface area (Å²) in [7, 11) is 0. The Balaban J connectivity index is 1.55. The molecule has 10 heteroatoms. The van der Waals surface area contributed by atoms with E-state index in [4.69, 9.17) is 4.74 Å². The molecule has 1 aromatic carbocycles. The van der Waals surface area contributed by atoms with Gasteiger partial charge in [-0.3, -0.25) is 14.4 Å². The summed E-state index contributed by atoms with van der Waals surface area (Å²) in [6, 6.07) is 2.72. The highest BCUT2D eigenvalue weighted by Gasteiger charge is 2.21. The number of nitrogens with zero attached hydrogens (tertiary/aromatic N) is 1. The second kappa shape index (κ2) is 6.47. The van der Waals surface area contributed by atoms with Crippen LogP contribution >= 0.6 is 11.3 Å². The minimum Gasteiger partial charge on any atom is -0.478 e. The Morgan fingerprint density at radius 3 is 3.04 bits per heavy atom. The van der Waals surface area contributed by atoms with Crippen LogP contribution in [0.5, 0.6) is 5.75 Å². The maximum atomic E-state index is 14.1. The molecule has 0 bridgehead atoms. The predicted octanol–water partition coefficient (Wildman–Crippen LogP) is 1.69. The molecular weight excluding hydrogens is 375 g/mol. The molecule has 2 amide bonds. The summed E-state index contributed by atoms with van der Waals surface area (Å²) in [4.78, 5) is 42.9. The van der Waals surface area contributed by atoms with Crippen molar-refractivity contribution in [2.45, 2.75) is 13.5 Å². The highest BCUT2D eigenvalue weighted by molar-refractivity contribution is 7.16. The van der Waals surface area contributed by atoms with Gasteiger partial charge in [0.2, 0.25) is 5.82 Å². The van der Waals surface area contributed by atoms with Crippen LogP contribution in [0.4, 0.5) is 10.1 Å². The van der Waals surface area contributed by atoms with E-state index in [9.17, 15) is 18.8 Å². The summed E-state index contributed by atoms with van der Waals surface area (Å²) < 4.78 is 19.1. The molecule has 3 heterocycles. The van der Waals surface area contributed by atoms with E-state index in [1.807, 2.05) is 0 Å². The number of thiophene rings is 1. The van der Waals surface area contributed by atoms with Gasteiger partial charge in [0.15, 0.2) is 18.2 Å². The van der Waals surface area contributed by atoms with Crippen LogP contribution in [-0.2, 0) is 11.3 Å². The molecule has 27 heavy (non-hydrogen) atoms. The third-order valence-corrected chi connectivity index (χ3v) is 5.01. The van der Waals surface area contributed by atoms with E-state index >= 15 is 0 Å². The molecule has 0 fully saturated rings. The number of carbonyl (C=O) groups is 2. The molecule has 4 rings (SSSR count). The third-order valence-electron chi connectivity index (χ3n) is 4.02. The highest BCUT2D eigenvalue weighted by atomic mass is 32.1. The lowest BCUT2D eigenvalue weighted by Crippen LogP contribution is -2.28. The molecule has 1 aliphatic heterocycles. The SMILES string of the molecule is Cc1csc2nc(C(=O)NCc3cc(F)c4c(c3)NC(=O)CO4)[nH]c(=O)c12. The summed E-state index contributed by atoms with van der Waals surface area (Å²) in [5.74, 6) is -1.78. The summed E-state index contributed by atoms with van der Waals surface area (Å²) in [6.45, 7) is 1.52. The van der Waals surface area contributed by atoms with Crippen LogP contribution in [0.2, 0.25) is 0 Å². The number of halogens is 1. The number of aromatic amines is 1. The van der Waals surface area contributed by atoms with Gasteiger partial charge < -0.3 is 20.4 Å².